The van der Waals surface area contributed by atoms with Crippen molar-refractivity contribution in [3.05, 3.63) is 29.8 Å². The van der Waals surface area contributed by atoms with Crippen LogP contribution in [0.3, 0.4) is 0 Å². The summed E-state index contributed by atoms with van der Waals surface area (Å²) >= 11 is 0. The molecule has 0 aromatic heterocycles. The Labute approximate surface area is 170 Å². The topological polar surface area (TPSA) is 177 Å². The van der Waals surface area contributed by atoms with Gasteiger partial charge >= 0.3 is 5.97 Å². The van der Waals surface area contributed by atoms with Crippen molar-refractivity contribution in [1.29, 1.82) is 0 Å². The summed E-state index contributed by atoms with van der Waals surface area (Å²) in [6, 6.07) is 3.81. The second-order valence-corrected chi connectivity index (χ2v) is 8.72. The predicted molar refractivity (Wildman–Crippen MR) is 110 cm³/mol. The standard InChI is InChI=1S/C18H29N5O5S/c1-11(2)15(17(25)26)22-16(24)14(5-4-10-21-18(19)20)23-29(27,28)13-8-6-12(3)7-9-13/h6-9,11,14-15,23H,4-5,10H2,1-3H3,(H,22,24)(H,25,26)(H4,19,20,21)/t14-,15-/m0/s1. The average Bonchev–Trinajstić information content (AvgIpc) is 2.61. The molecule has 0 saturated heterocycles. The van der Waals surface area contributed by atoms with Gasteiger partial charge in [0.2, 0.25) is 15.9 Å². The molecule has 10 nitrogen and oxygen atoms in total. The van der Waals surface area contributed by atoms with E-state index in [1.165, 1.54) is 12.1 Å². The molecule has 0 spiro atoms. The molecule has 162 valence electrons. The van der Waals surface area contributed by atoms with Crippen molar-refractivity contribution < 1.29 is 23.1 Å². The second-order valence-electron chi connectivity index (χ2n) is 7.00. The lowest BCUT2D eigenvalue weighted by Gasteiger charge is -2.23. The largest absolute Gasteiger partial charge is 0.480 e. The van der Waals surface area contributed by atoms with Crippen LogP contribution in [0.5, 0.6) is 0 Å². The van der Waals surface area contributed by atoms with Crippen molar-refractivity contribution in [2.75, 3.05) is 6.54 Å². The molecule has 11 heteroatoms. The number of aliphatic imine (C=N–C) groups is 1. The van der Waals surface area contributed by atoms with E-state index in [2.05, 4.69) is 15.0 Å². The quantitative estimate of drug-likeness (QED) is 0.186. The number of guanidine groups is 1. The van der Waals surface area contributed by atoms with Crippen LogP contribution in [0.4, 0.5) is 0 Å². The minimum atomic E-state index is -3.99. The summed E-state index contributed by atoms with van der Waals surface area (Å²) in [6.07, 6.45) is 0.393. The summed E-state index contributed by atoms with van der Waals surface area (Å²) < 4.78 is 27.7. The lowest BCUT2D eigenvalue weighted by atomic mass is 10.0. The van der Waals surface area contributed by atoms with Crippen LogP contribution in [-0.2, 0) is 19.6 Å². The van der Waals surface area contributed by atoms with Crippen molar-refractivity contribution in [2.45, 2.75) is 50.6 Å². The SMILES string of the molecule is Cc1ccc(S(=O)(=O)N[C@@H](CCCN=C(N)N)C(=O)N[C@H](C(=O)O)C(C)C)cc1. The molecule has 1 amide bonds. The highest BCUT2D eigenvalue weighted by atomic mass is 32.2. The number of carbonyl (C=O) groups excluding carboxylic acids is 1. The first-order chi connectivity index (χ1) is 13.4. The number of rotatable bonds is 11. The number of nitrogens with one attached hydrogen (secondary N) is 2. The van der Waals surface area contributed by atoms with Crippen molar-refractivity contribution in [3.63, 3.8) is 0 Å². The van der Waals surface area contributed by atoms with E-state index in [0.29, 0.717) is 6.42 Å². The number of aryl methyl sites for hydroxylation is 1. The highest BCUT2D eigenvalue weighted by molar-refractivity contribution is 7.89. The van der Waals surface area contributed by atoms with Crippen LogP contribution in [0.2, 0.25) is 0 Å². The average molecular weight is 428 g/mol. The van der Waals surface area contributed by atoms with Crippen LogP contribution in [0, 0.1) is 12.8 Å². The first kappa shape index (κ1) is 24.4. The van der Waals surface area contributed by atoms with E-state index in [1.54, 1.807) is 26.0 Å². The number of carboxylic acids is 1. The zero-order valence-electron chi connectivity index (χ0n) is 16.8. The molecule has 1 aromatic carbocycles. The second kappa shape index (κ2) is 10.8. The van der Waals surface area contributed by atoms with Gasteiger partial charge in [-0.05, 0) is 37.8 Å². The zero-order valence-corrected chi connectivity index (χ0v) is 17.6. The van der Waals surface area contributed by atoms with E-state index in [4.69, 9.17) is 11.5 Å². The number of hydrogen-bond acceptors (Lipinski definition) is 5. The summed E-state index contributed by atoms with van der Waals surface area (Å²) in [4.78, 5) is 27.9. The number of sulfonamides is 1. The highest BCUT2D eigenvalue weighted by Gasteiger charge is 2.30. The normalized spacial score (nSPS) is 13.5. The van der Waals surface area contributed by atoms with Gasteiger partial charge in [0.05, 0.1) is 4.90 Å². The third kappa shape index (κ3) is 8.08. The number of aliphatic carboxylic acids is 1. The Bertz CT molecular complexity index is 833. The molecular weight excluding hydrogens is 398 g/mol. The van der Waals surface area contributed by atoms with Crippen LogP contribution in [0.25, 0.3) is 0 Å². The van der Waals surface area contributed by atoms with E-state index < -0.39 is 34.0 Å². The van der Waals surface area contributed by atoms with Crippen LogP contribution in [0.15, 0.2) is 34.2 Å². The van der Waals surface area contributed by atoms with Crippen LogP contribution >= 0.6 is 0 Å². The van der Waals surface area contributed by atoms with Crippen molar-refractivity contribution in [3.8, 4) is 0 Å². The Balaban J connectivity index is 3.02. The Morgan fingerprint density at radius 1 is 1.17 bits per heavy atom. The number of benzene rings is 1. The van der Waals surface area contributed by atoms with Crippen LogP contribution in [-0.4, -0.2) is 50.0 Å². The number of nitrogens with zero attached hydrogens (tertiary/aromatic N) is 1. The number of amides is 1. The summed E-state index contributed by atoms with van der Waals surface area (Å²) in [5, 5.41) is 11.7. The molecule has 1 aromatic rings. The maximum absolute atomic E-state index is 12.7. The van der Waals surface area contributed by atoms with Gasteiger partial charge < -0.3 is 21.9 Å². The van der Waals surface area contributed by atoms with Gasteiger partial charge in [0.15, 0.2) is 5.96 Å². The molecule has 0 saturated carbocycles. The van der Waals surface area contributed by atoms with E-state index in [1.807, 2.05) is 6.92 Å². The van der Waals surface area contributed by atoms with Gasteiger partial charge in [0.1, 0.15) is 12.1 Å². The summed E-state index contributed by atoms with van der Waals surface area (Å²) in [7, 11) is -3.99. The zero-order chi connectivity index (χ0) is 22.2. The molecule has 0 bridgehead atoms. The molecule has 2 atom stereocenters. The maximum atomic E-state index is 12.7. The summed E-state index contributed by atoms with van der Waals surface area (Å²) in [5.74, 6) is -2.43. The van der Waals surface area contributed by atoms with Crippen LogP contribution < -0.4 is 21.5 Å². The highest BCUT2D eigenvalue weighted by Crippen LogP contribution is 2.13. The molecular formula is C18H29N5O5S. The molecule has 0 aliphatic rings. The van der Waals surface area contributed by atoms with E-state index >= 15 is 0 Å². The molecule has 7 N–H and O–H groups in total. The lowest BCUT2D eigenvalue weighted by molar-refractivity contribution is -0.143. The Kier molecular flexibility index (Phi) is 9.05. The van der Waals surface area contributed by atoms with Gasteiger partial charge in [0.25, 0.3) is 0 Å². The van der Waals surface area contributed by atoms with Crippen molar-refractivity contribution in [1.82, 2.24) is 10.0 Å². The first-order valence-electron chi connectivity index (χ1n) is 9.11. The molecule has 0 fully saturated rings. The molecule has 1 rings (SSSR count). The van der Waals surface area contributed by atoms with Gasteiger partial charge in [-0.15, -0.1) is 0 Å². The number of hydrogen-bond donors (Lipinski definition) is 5. The van der Waals surface area contributed by atoms with Crippen LogP contribution in [0.1, 0.15) is 32.3 Å². The van der Waals surface area contributed by atoms with Gasteiger partial charge in [-0.3, -0.25) is 9.79 Å². The molecule has 0 heterocycles. The van der Waals surface area contributed by atoms with E-state index in [9.17, 15) is 23.1 Å². The number of nitrogens with two attached hydrogens (primary N) is 2. The van der Waals surface area contributed by atoms with Gasteiger partial charge in [0, 0.05) is 6.54 Å². The number of carbonyl (C=O) groups is 2. The fraction of sp³-hybridized carbons (Fsp3) is 0.500. The summed E-state index contributed by atoms with van der Waals surface area (Å²) in [5.41, 5.74) is 11.4. The minimum absolute atomic E-state index is 0.00349. The smallest absolute Gasteiger partial charge is 0.326 e. The Hall–Kier alpha value is -2.66. The van der Waals surface area contributed by atoms with Gasteiger partial charge in [-0.1, -0.05) is 31.5 Å². The molecule has 0 unspecified atom stereocenters. The maximum Gasteiger partial charge on any atom is 0.326 e. The van der Waals surface area contributed by atoms with Gasteiger partial charge in [-0.25, -0.2) is 13.2 Å². The third-order valence-electron chi connectivity index (χ3n) is 4.12. The van der Waals surface area contributed by atoms with E-state index in [-0.39, 0.29) is 29.7 Å². The van der Waals surface area contributed by atoms with Crippen molar-refractivity contribution >= 4 is 27.9 Å². The summed E-state index contributed by atoms with van der Waals surface area (Å²) in [6.45, 7) is 5.30. The Morgan fingerprint density at radius 3 is 2.24 bits per heavy atom. The predicted octanol–water partition coefficient (Wildman–Crippen LogP) is -0.0791. The fourth-order valence-electron chi connectivity index (χ4n) is 2.49. The lowest BCUT2D eigenvalue weighted by Crippen LogP contribution is -2.53. The molecule has 29 heavy (non-hydrogen) atoms. The molecule has 0 aliphatic heterocycles. The Morgan fingerprint density at radius 2 is 1.76 bits per heavy atom. The number of carboxylic acid groups (broad SMARTS) is 1. The van der Waals surface area contributed by atoms with Gasteiger partial charge in [-0.2, -0.15) is 4.72 Å². The minimum Gasteiger partial charge on any atom is -0.480 e. The fourth-order valence-corrected chi connectivity index (χ4v) is 3.72. The molecule has 0 radical (unpaired) electrons. The monoisotopic (exact) mass is 427 g/mol. The molecule has 0 aliphatic carbocycles. The van der Waals surface area contributed by atoms with E-state index in [0.717, 1.165) is 5.56 Å². The first-order valence-corrected chi connectivity index (χ1v) is 10.6. The van der Waals surface area contributed by atoms with Crippen molar-refractivity contribution in [2.24, 2.45) is 22.4 Å². The third-order valence-corrected chi connectivity index (χ3v) is 5.61.